The second-order valence-electron chi connectivity index (χ2n) is 5.14. The van der Waals surface area contributed by atoms with Gasteiger partial charge in [-0.3, -0.25) is 0 Å². The average molecular weight is 184 g/mol. The van der Waals surface area contributed by atoms with Gasteiger partial charge in [0.2, 0.25) is 0 Å². The fourth-order valence-electron chi connectivity index (χ4n) is 0.817. The minimum atomic E-state index is 0.0824. The first kappa shape index (κ1) is 12.5. The highest BCUT2D eigenvalue weighted by Gasteiger charge is 2.06. The van der Waals surface area contributed by atoms with Crippen molar-refractivity contribution in [1.29, 1.82) is 0 Å². The quantitative estimate of drug-likeness (QED) is 0.526. The third kappa shape index (κ3) is 9.38. The van der Waals surface area contributed by atoms with Crippen LogP contribution in [-0.4, -0.2) is 11.3 Å². The lowest BCUT2D eigenvalue weighted by molar-refractivity contribution is 0.439. The van der Waals surface area contributed by atoms with Crippen molar-refractivity contribution in [2.24, 2.45) is 11.0 Å². The standard InChI is InChI=1S/C11H24N2/c1-9(2)7-8-10(3)12-13-11(4,5)6/h9,13H,7-8H2,1-6H3/b12-10-. The highest BCUT2D eigenvalue weighted by molar-refractivity contribution is 5.81. The zero-order valence-corrected chi connectivity index (χ0v) is 9.94. The van der Waals surface area contributed by atoms with E-state index in [2.05, 4.69) is 52.1 Å². The van der Waals surface area contributed by atoms with E-state index in [1.165, 1.54) is 12.1 Å². The van der Waals surface area contributed by atoms with Crippen molar-refractivity contribution in [3.05, 3.63) is 0 Å². The summed E-state index contributed by atoms with van der Waals surface area (Å²) in [4.78, 5) is 0. The largest absolute Gasteiger partial charge is 0.305 e. The third-order valence-corrected chi connectivity index (χ3v) is 1.67. The van der Waals surface area contributed by atoms with E-state index in [1.807, 2.05) is 0 Å². The molecular formula is C11H24N2. The van der Waals surface area contributed by atoms with Gasteiger partial charge in [0.25, 0.3) is 0 Å². The summed E-state index contributed by atoms with van der Waals surface area (Å²) >= 11 is 0. The van der Waals surface area contributed by atoms with Crippen LogP contribution in [0.25, 0.3) is 0 Å². The Balaban J connectivity index is 3.76. The van der Waals surface area contributed by atoms with Crippen molar-refractivity contribution in [3.63, 3.8) is 0 Å². The first-order chi connectivity index (χ1) is 5.81. The third-order valence-electron chi connectivity index (χ3n) is 1.67. The minimum absolute atomic E-state index is 0.0824. The molecule has 0 radical (unpaired) electrons. The summed E-state index contributed by atoms with van der Waals surface area (Å²) in [5, 5.41) is 4.33. The molecule has 0 aromatic heterocycles. The maximum Gasteiger partial charge on any atom is 0.0464 e. The highest BCUT2D eigenvalue weighted by atomic mass is 15.3. The summed E-state index contributed by atoms with van der Waals surface area (Å²) < 4.78 is 0. The van der Waals surface area contributed by atoms with Crippen LogP contribution in [0.15, 0.2) is 5.10 Å². The molecule has 0 spiro atoms. The second-order valence-corrected chi connectivity index (χ2v) is 5.14. The predicted octanol–water partition coefficient (Wildman–Crippen LogP) is 3.19. The van der Waals surface area contributed by atoms with Crippen molar-refractivity contribution < 1.29 is 0 Å². The van der Waals surface area contributed by atoms with Crippen molar-refractivity contribution >= 4 is 5.71 Å². The summed E-state index contributed by atoms with van der Waals surface area (Å²) in [6.45, 7) is 12.9. The molecule has 0 saturated carbocycles. The molecule has 0 bridgehead atoms. The smallest absolute Gasteiger partial charge is 0.0464 e. The van der Waals surface area contributed by atoms with Crippen LogP contribution in [0.2, 0.25) is 0 Å². The Bertz CT molecular complexity index is 163. The highest BCUT2D eigenvalue weighted by Crippen LogP contribution is 2.05. The van der Waals surface area contributed by atoms with E-state index in [9.17, 15) is 0 Å². The van der Waals surface area contributed by atoms with Crippen LogP contribution in [0.4, 0.5) is 0 Å². The van der Waals surface area contributed by atoms with E-state index >= 15 is 0 Å². The van der Waals surface area contributed by atoms with Crippen LogP contribution < -0.4 is 5.43 Å². The van der Waals surface area contributed by atoms with E-state index in [1.54, 1.807) is 0 Å². The Hall–Kier alpha value is -0.530. The molecule has 0 aliphatic rings. The molecule has 0 amide bonds. The number of nitrogens with one attached hydrogen (secondary N) is 1. The molecule has 0 aliphatic carbocycles. The normalized spacial score (nSPS) is 13.6. The van der Waals surface area contributed by atoms with E-state index in [-0.39, 0.29) is 5.54 Å². The van der Waals surface area contributed by atoms with Gasteiger partial charge in [-0.25, -0.2) is 0 Å². The lowest BCUT2D eigenvalue weighted by atomic mass is 10.1. The molecule has 0 saturated heterocycles. The monoisotopic (exact) mass is 184 g/mol. The lowest BCUT2D eigenvalue weighted by Gasteiger charge is -2.18. The van der Waals surface area contributed by atoms with Crippen molar-refractivity contribution in [3.8, 4) is 0 Å². The Kier molecular flexibility index (Phi) is 5.04. The molecule has 78 valence electrons. The number of rotatable bonds is 4. The van der Waals surface area contributed by atoms with Crippen LogP contribution in [-0.2, 0) is 0 Å². The van der Waals surface area contributed by atoms with Crippen LogP contribution in [0.5, 0.6) is 0 Å². The molecule has 0 rings (SSSR count). The lowest BCUT2D eigenvalue weighted by Crippen LogP contribution is -2.32. The second kappa shape index (κ2) is 5.25. The molecule has 0 heterocycles. The van der Waals surface area contributed by atoms with Gasteiger partial charge < -0.3 is 5.43 Å². The van der Waals surface area contributed by atoms with E-state index in [0.29, 0.717) is 0 Å². The Morgan fingerprint density at radius 3 is 2.23 bits per heavy atom. The summed E-state index contributed by atoms with van der Waals surface area (Å²) in [6, 6.07) is 0. The van der Waals surface area contributed by atoms with Crippen molar-refractivity contribution in [2.45, 2.75) is 59.9 Å². The predicted molar refractivity (Wildman–Crippen MR) is 60.1 cm³/mol. The Morgan fingerprint density at radius 1 is 1.31 bits per heavy atom. The van der Waals surface area contributed by atoms with E-state index < -0.39 is 0 Å². The van der Waals surface area contributed by atoms with Gasteiger partial charge in [0.15, 0.2) is 0 Å². The van der Waals surface area contributed by atoms with Crippen molar-refractivity contribution in [1.82, 2.24) is 5.43 Å². The molecule has 13 heavy (non-hydrogen) atoms. The summed E-state index contributed by atoms with van der Waals surface area (Å²) in [6.07, 6.45) is 2.32. The number of hydrazone groups is 1. The maximum absolute atomic E-state index is 4.33. The van der Waals surface area contributed by atoms with Gasteiger partial charge in [0.05, 0.1) is 0 Å². The Labute approximate surface area is 82.8 Å². The van der Waals surface area contributed by atoms with Crippen LogP contribution >= 0.6 is 0 Å². The van der Waals surface area contributed by atoms with Gasteiger partial charge in [-0.2, -0.15) is 5.10 Å². The van der Waals surface area contributed by atoms with Crippen LogP contribution in [0, 0.1) is 5.92 Å². The summed E-state index contributed by atoms with van der Waals surface area (Å²) in [5.74, 6) is 0.764. The van der Waals surface area contributed by atoms with Gasteiger partial charge in [-0.1, -0.05) is 13.8 Å². The minimum Gasteiger partial charge on any atom is -0.305 e. The fourth-order valence-corrected chi connectivity index (χ4v) is 0.817. The number of hydrogen-bond donors (Lipinski definition) is 1. The van der Waals surface area contributed by atoms with E-state index in [0.717, 1.165) is 12.3 Å². The van der Waals surface area contributed by atoms with Crippen LogP contribution in [0.1, 0.15) is 54.4 Å². The molecule has 2 heteroatoms. The first-order valence-corrected chi connectivity index (χ1v) is 5.11. The number of nitrogens with zero attached hydrogens (tertiary/aromatic N) is 1. The SMILES string of the molecule is C/C(CCC(C)C)=N/NC(C)(C)C. The van der Waals surface area contributed by atoms with Crippen LogP contribution in [0.3, 0.4) is 0 Å². The zero-order valence-electron chi connectivity index (χ0n) is 9.94. The van der Waals surface area contributed by atoms with Gasteiger partial charge in [0.1, 0.15) is 0 Å². The molecule has 2 nitrogen and oxygen atoms in total. The number of hydrogen-bond acceptors (Lipinski definition) is 2. The molecule has 0 aliphatic heterocycles. The summed E-state index contributed by atoms with van der Waals surface area (Å²) in [7, 11) is 0. The molecule has 0 fully saturated rings. The van der Waals surface area contributed by atoms with Gasteiger partial charge >= 0.3 is 0 Å². The summed E-state index contributed by atoms with van der Waals surface area (Å²) in [5.41, 5.74) is 4.41. The van der Waals surface area contributed by atoms with Crippen molar-refractivity contribution in [2.75, 3.05) is 0 Å². The molecule has 0 aromatic rings. The van der Waals surface area contributed by atoms with Gasteiger partial charge in [-0.05, 0) is 46.5 Å². The van der Waals surface area contributed by atoms with Gasteiger partial charge in [-0.15, -0.1) is 0 Å². The maximum atomic E-state index is 4.33. The zero-order chi connectivity index (χ0) is 10.5. The van der Waals surface area contributed by atoms with E-state index in [4.69, 9.17) is 0 Å². The Morgan fingerprint density at radius 2 is 1.85 bits per heavy atom. The molecule has 1 N–H and O–H groups in total. The molecule has 0 atom stereocenters. The molecule has 0 aromatic carbocycles. The average Bonchev–Trinajstić information content (AvgIpc) is 1.95. The fraction of sp³-hybridized carbons (Fsp3) is 0.909. The van der Waals surface area contributed by atoms with Gasteiger partial charge in [0, 0.05) is 11.3 Å². The first-order valence-electron chi connectivity index (χ1n) is 5.11. The topological polar surface area (TPSA) is 24.4 Å². The molecule has 0 unspecified atom stereocenters. The molecular weight excluding hydrogens is 160 g/mol.